The fraction of sp³-hybridized carbons (Fsp3) is 0.120. The van der Waals surface area contributed by atoms with Gasteiger partial charge in [0.2, 0.25) is 0 Å². The van der Waals surface area contributed by atoms with Crippen LogP contribution in [0.1, 0.15) is 27.2 Å². The summed E-state index contributed by atoms with van der Waals surface area (Å²) in [5.74, 6) is -0.535. The Labute approximate surface area is 190 Å². The van der Waals surface area contributed by atoms with E-state index in [0.29, 0.717) is 12.1 Å². The lowest BCUT2D eigenvalue weighted by molar-refractivity contribution is 0.0706. The van der Waals surface area contributed by atoms with Gasteiger partial charge in [-0.2, -0.15) is 5.10 Å². The molecule has 5 aromatic rings. The minimum absolute atomic E-state index is 0.393. The van der Waals surface area contributed by atoms with E-state index in [0.717, 1.165) is 40.0 Å². The quantitative estimate of drug-likeness (QED) is 0.312. The van der Waals surface area contributed by atoms with Crippen LogP contribution >= 0.6 is 0 Å². The number of hydrogen-bond acceptors (Lipinski definition) is 5. The highest BCUT2D eigenvalue weighted by molar-refractivity contribution is 5.93. The molecule has 0 aliphatic carbocycles. The molecule has 0 unspecified atom stereocenters. The predicted octanol–water partition coefficient (Wildman–Crippen LogP) is 3.59. The Morgan fingerprint density at radius 1 is 0.970 bits per heavy atom. The van der Waals surface area contributed by atoms with Crippen LogP contribution < -0.4 is 5.48 Å². The van der Waals surface area contributed by atoms with Gasteiger partial charge < -0.3 is 0 Å². The van der Waals surface area contributed by atoms with Crippen molar-refractivity contribution in [1.82, 2.24) is 30.3 Å². The number of nitrogens with one attached hydrogen (secondary N) is 1. The molecule has 0 saturated heterocycles. The SMILES string of the molecule is Cn1nnc2cc(-c3cc(Cc4ccccc4)n(Cc4ccc(C(=O)NO)cc4)n3)ccc21. The van der Waals surface area contributed by atoms with Gasteiger partial charge in [0.25, 0.3) is 5.91 Å². The minimum atomic E-state index is -0.535. The number of fused-ring (bicyclic) bond motifs is 1. The summed E-state index contributed by atoms with van der Waals surface area (Å²) >= 11 is 0. The summed E-state index contributed by atoms with van der Waals surface area (Å²) in [6.45, 7) is 0.552. The molecule has 3 aromatic carbocycles. The largest absolute Gasteiger partial charge is 0.288 e. The highest BCUT2D eigenvalue weighted by Gasteiger charge is 2.13. The maximum Gasteiger partial charge on any atom is 0.274 e. The first-order valence-electron chi connectivity index (χ1n) is 10.5. The molecule has 0 saturated carbocycles. The predicted molar refractivity (Wildman–Crippen MR) is 124 cm³/mol. The second kappa shape index (κ2) is 8.68. The van der Waals surface area contributed by atoms with Gasteiger partial charge in [0.15, 0.2) is 0 Å². The van der Waals surface area contributed by atoms with Gasteiger partial charge in [0, 0.05) is 30.3 Å². The number of rotatable bonds is 6. The molecule has 2 aromatic heterocycles. The number of carbonyl (C=O) groups excluding carboxylic acids is 1. The normalized spacial score (nSPS) is 11.1. The number of hydrogen-bond donors (Lipinski definition) is 2. The summed E-state index contributed by atoms with van der Waals surface area (Å²) in [5.41, 5.74) is 8.96. The molecule has 33 heavy (non-hydrogen) atoms. The Kier molecular flexibility index (Phi) is 5.42. The van der Waals surface area contributed by atoms with Crippen LogP contribution in [0.15, 0.2) is 78.9 Å². The van der Waals surface area contributed by atoms with E-state index < -0.39 is 5.91 Å². The van der Waals surface area contributed by atoms with E-state index in [-0.39, 0.29) is 0 Å². The second-order valence-electron chi connectivity index (χ2n) is 7.90. The average Bonchev–Trinajstić information content (AvgIpc) is 3.42. The standard InChI is InChI=1S/C25H22N6O2/c1-30-24-12-11-20(14-23(24)26-29-30)22-15-21(13-17-5-3-2-4-6-17)31(27-22)16-18-7-9-19(10-8-18)25(32)28-33/h2-12,14-15,33H,13,16H2,1H3,(H,28,32). The van der Waals surface area contributed by atoms with Crippen LogP contribution in [0.4, 0.5) is 0 Å². The van der Waals surface area contributed by atoms with Gasteiger partial charge >= 0.3 is 0 Å². The number of hydroxylamine groups is 1. The topological polar surface area (TPSA) is 97.9 Å². The molecule has 0 atom stereocenters. The first-order valence-corrected chi connectivity index (χ1v) is 10.5. The number of carbonyl (C=O) groups is 1. The monoisotopic (exact) mass is 438 g/mol. The zero-order chi connectivity index (χ0) is 22.8. The average molecular weight is 438 g/mol. The summed E-state index contributed by atoms with van der Waals surface area (Å²) in [6, 6.07) is 25.5. The van der Waals surface area contributed by atoms with Gasteiger partial charge in [-0.3, -0.25) is 14.7 Å². The Morgan fingerprint density at radius 3 is 2.52 bits per heavy atom. The number of amides is 1. The summed E-state index contributed by atoms with van der Waals surface area (Å²) in [4.78, 5) is 11.6. The van der Waals surface area contributed by atoms with Crippen molar-refractivity contribution in [2.75, 3.05) is 0 Å². The number of aryl methyl sites for hydroxylation is 1. The van der Waals surface area contributed by atoms with Crippen molar-refractivity contribution in [2.24, 2.45) is 7.05 Å². The van der Waals surface area contributed by atoms with E-state index >= 15 is 0 Å². The third-order valence-electron chi connectivity index (χ3n) is 5.65. The van der Waals surface area contributed by atoms with Crippen molar-refractivity contribution in [3.05, 3.63) is 101 Å². The van der Waals surface area contributed by atoms with Crippen molar-refractivity contribution in [1.29, 1.82) is 0 Å². The lowest BCUT2D eigenvalue weighted by atomic mass is 10.1. The molecule has 0 bridgehead atoms. The lowest BCUT2D eigenvalue weighted by Gasteiger charge is -2.08. The maximum absolute atomic E-state index is 11.6. The van der Waals surface area contributed by atoms with Gasteiger partial charge in [-0.15, -0.1) is 5.10 Å². The van der Waals surface area contributed by atoms with E-state index in [1.54, 1.807) is 22.3 Å². The fourth-order valence-corrected chi connectivity index (χ4v) is 3.88. The molecule has 8 nitrogen and oxygen atoms in total. The fourth-order valence-electron chi connectivity index (χ4n) is 3.88. The number of benzene rings is 3. The molecule has 0 radical (unpaired) electrons. The van der Waals surface area contributed by atoms with Crippen LogP contribution in [0.25, 0.3) is 22.3 Å². The van der Waals surface area contributed by atoms with Gasteiger partial charge in [-0.25, -0.2) is 10.2 Å². The summed E-state index contributed by atoms with van der Waals surface area (Å²) in [5, 5.41) is 22.0. The number of nitrogens with zero attached hydrogens (tertiary/aromatic N) is 5. The molecule has 0 aliphatic heterocycles. The summed E-state index contributed by atoms with van der Waals surface area (Å²) < 4.78 is 3.74. The first-order chi connectivity index (χ1) is 16.1. The molecule has 2 N–H and O–H groups in total. The molecular weight excluding hydrogens is 416 g/mol. The van der Waals surface area contributed by atoms with Crippen LogP contribution in [-0.4, -0.2) is 35.9 Å². The Hall–Kier alpha value is -4.30. The van der Waals surface area contributed by atoms with Crippen molar-refractivity contribution in [2.45, 2.75) is 13.0 Å². The molecule has 8 heteroatoms. The van der Waals surface area contributed by atoms with Gasteiger partial charge in [0.1, 0.15) is 5.52 Å². The highest BCUT2D eigenvalue weighted by atomic mass is 16.5. The molecule has 0 aliphatic rings. The van der Waals surface area contributed by atoms with Gasteiger partial charge in [-0.05, 0) is 41.5 Å². The maximum atomic E-state index is 11.6. The Morgan fingerprint density at radius 2 is 1.76 bits per heavy atom. The van der Waals surface area contributed by atoms with Crippen LogP contribution in [0.2, 0.25) is 0 Å². The smallest absolute Gasteiger partial charge is 0.274 e. The van der Waals surface area contributed by atoms with E-state index in [2.05, 4.69) is 28.5 Å². The zero-order valence-corrected chi connectivity index (χ0v) is 18.0. The number of aromatic nitrogens is 5. The van der Waals surface area contributed by atoms with Crippen molar-refractivity contribution in [3.63, 3.8) is 0 Å². The molecule has 5 rings (SSSR count). The van der Waals surface area contributed by atoms with Crippen LogP contribution in [0.5, 0.6) is 0 Å². The third-order valence-corrected chi connectivity index (χ3v) is 5.65. The third kappa shape index (κ3) is 4.24. The Balaban J connectivity index is 1.50. The molecule has 0 spiro atoms. The van der Waals surface area contributed by atoms with Crippen LogP contribution in [-0.2, 0) is 20.0 Å². The second-order valence-corrected chi connectivity index (χ2v) is 7.90. The van der Waals surface area contributed by atoms with Gasteiger partial charge in [-0.1, -0.05) is 53.7 Å². The van der Waals surface area contributed by atoms with Crippen molar-refractivity contribution in [3.8, 4) is 11.3 Å². The van der Waals surface area contributed by atoms with E-state index in [4.69, 9.17) is 10.3 Å². The molecule has 2 heterocycles. The van der Waals surface area contributed by atoms with Crippen LogP contribution in [0, 0.1) is 0 Å². The molecule has 0 fully saturated rings. The Bertz CT molecular complexity index is 1420. The lowest BCUT2D eigenvalue weighted by Crippen LogP contribution is -2.18. The molecule has 164 valence electrons. The zero-order valence-electron chi connectivity index (χ0n) is 18.0. The van der Waals surface area contributed by atoms with E-state index in [1.807, 2.05) is 60.3 Å². The summed E-state index contributed by atoms with van der Waals surface area (Å²) in [6.07, 6.45) is 0.742. The molecule has 1 amide bonds. The minimum Gasteiger partial charge on any atom is -0.288 e. The first kappa shape index (κ1) is 20.6. The van der Waals surface area contributed by atoms with E-state index in [1.165, 1.54) is 5.56 Å². The van der Waals surface area contributed by atoms with Crippen LogP contribution in [0.3, 0.4) is 0 Å². The highest BCUT2D eigenvalue weighted by Crippen LogP contribution is 2.25. The molecular formula is C25H22N6O2. The summed E-state index contributed by atoms with van der Waals surface area (Å²) in [7, 11) is 1.87. The van der Waals surface area contributed by atoms with Crippen molar-refractivity contribution < 1.29 is 10.0 Å². The van der Waals surface area contributed by atoms with E-state index in [9.17, 15) is 4.79 Å². The van der Waals surface area contributed by atoms with Crippen molar-refractivity contribution >= 4 is 16.9 Å². The van der Waals surface area contributed by atoms with Gasteiger partial charge in [0.05, 0.1) is 17.8 Å².